The van der Waals surface area contributed by atoms with Crippen molar-refractivity contribution in [3.8, 4) is 0 Å². The first-order chi connectivity index (χ1) is 13.1. The molecule has 0 radical (unpaired) electrons. The van der Waals surface area contributed by atoms with E-state index in [1.54, 1.807) is 6.20 Å². The number of hydrogen-bond acceptors (Lipinski definition) is 4. The summed E-state index contributed by atoms with van der Waals surface area (Å²) in [5.74, 6) is -0.503. The van der Waals surface area contributed by atoms with Crippen LogP contribution in [-0.4, -0.2) is 23.3 Å². The standard InChI is InChI=1S/C20H18ClN3O2S/c21-16-8-4-7-15(9-16)10-17-12-23-20(27-17)24-19(26)13-22-18(25)11-14-5-2-1-3-6-14/h1-9,12H,10-11,13H2,(H,22,25)(H,23,24,26). The summed E-state index contributed by atoms with van der Waals surface area (Å²) in [5, 5.41) is 6.52. The molecular weight excluding hydrogens is 382 g/mol. The molecule has 2 N–H and O–H groups in total. The molecule has 2 amide bonds. The number of hydrogen-bond donors (Lipinski definition) is 2. The van der Waals surface area contributed by atoms with Gasteiger partial charge in [0.15, 0.2) is 5.13 Å². The number of aromatic nitrogens is 1. The highest BCUT2D eigenvalue weighted by atomic mass is 35.5. The van der Waals surface area contributed by atoms with Crippen LogP contribution < -0.4 is 10.6 Å². The molecule has 0 fully saturated rings. The third kappa shape index (κ3) is 6.20. The van der Waals surface area contributed by atoms with Crippen LogP contribution in [0.15, 0.2) is 60.8 Å². The van der Waals surface area contributed by atoms with Gasteiger partial charge in [0, 0.05) is 22.5 Å². The minimum Gasteiger partial charge on any atom is -0.347 e. The second-order valence-electron chi connectivity index (χ2n) is 5.93. The first-order valence-electron chi connectivity index (χ1n) is 8.38. The summed E-state index contributed by atoms with van der Waals surface area (Å²) < 4.78 is 0. The molecule has 2 aromatic carbocycles. The first-order valence-corrected chi connectivity index (χ1v) is 9.57. The van der Waals surface area contributed by atoms with Crippen LogP contribution in [0.2, 0.25) is 5.02 Å². The number of amides is 2. The fourth-order valence-electron chi connectivity index (χ4n) is 2.48. The maximum atomic E-state index is 12.0. The number of thiazole rings is 1. The molecule has 27 heavy (non-hydrogen) atoms. The Balaban J connectivity index is 1.45. The largest absolute Gasteiger partial charge is 0.347 e. The Hall–Kier alpha value is -2.70. The van der Waals surface area contributed by atoms with Gasteiger partial charge in [-0.1, -0.05) is 54.1 Å². The third-order valence-electron chi connectivity index (χ3n) is 3.72. The number of benzene rings is 2. The van der Waals surface area contributed by atoms with Crippen molar-refractivity contribution in [3.05, 3.63) is 81.8 Å². The number of carbonyl (C=O) groups excluding carboxylic acids is 2. The summed E-state index contributed by atoms with van der Waals surface area (Å²) in [6, 6.07) is 17.0. The number of carbonyl (C=O) groups is 2. The number of nitrogens with one attached hydrogen (secondary N) is 2. The predicted octanol–water partition coefficient (Wildman–Crippen LogP) is 3.68. The highest BCUT2D eigenvalue weighted by Gasteiger charge is 2.09. The zero-order valence-corrected chi connectivity index (χ0v) is 16.0. The number of rotatable bonds is 7. The third-order valence-corrected chi connectivity index (χ3v) is 4.87. The van der Waals surface area contributed by atoms with Gasteiger partial charge in [-0.05, 0) is 23.3 Å². The lowest BCUT2D eigenvalue weighted by atomic mass is 10.1. The normalized spacial score (nSPS) is 10.4. The van der Waals surface area contributed by atoms with E-state index in [-0.39, 0.29) is 24.8 Å². The molecule has 0 saturated carbocycles. The van der Waals surface area contributed by atoms with E-state index in [9.17, 15) is 9.59 Å². The van der Waals surface area contributed by atoms with E-state index >= 15 is 0 Å². The van der Waals surface area contributed by atoms with Gasteiger partial charge in [0.1, 0.15) is 0 Å². The molecule has 0 unspecified atom stereocenters. The minimum absolute atomic E-state index is 0.0884. The second kappa shape index (κ2) is 9.30. The number of halogens is 1. The maximum absolute atomic E-state index is 12.0. The lowest BCUT2D eigenvalue weighted by Gasteiger charge is -2.05. The van der Waals surface area contributed by atoms with E-state index in [4.69, 9.17) is 11.6 Å². The van der Waals surface area contributed by atoms with Crippen molar-refractivity contribution in [2.45, 2.75) is 12.8 Å². The van der Waals surface area contributed by atoms with Gasteiger partial charge in [0.25, 0.3) is 0 Å². The average Bonchev–Trinajstić information content (AvgIpc) is 3.07. The molecule has 7 heteroatoms. The van der Waals surface area contributed by atoms with Crippen LogP contribution in [0.1, 0.15) is 16.0 Å². The molecule has 0 aliphatic carbocycles. The molecular formula is C20H18ClN3O2S. The molecule has 0 aliphatic heterocycles. The smallest absolute Gasteiger partial charge is 0.245 e. The molecule has 5 nitrogen and oxygen atoms in total. The minimum atomic E-state index is -0.305. The zero-order valence-electron chi connectivity index (χ0n) is 14.4. The molecule has 0 bridgehead atoms. The Labute approximate surface area is 166 Å². The molecule has 0 spiro atoms. The van der Waals surface area contributed by atoms with Crippen LogP contribution in [-0.2, 0) is 22.4 Å². The van der Waals surface area contributed by atoms with E-state index in [1.165, 1.54) is 11.3 Å². The monoisotopic (exact) mass is 399 g/mol. The molecule has 1 aromatic heterocycles. The topological polar surface area (TPSA) is 71.1 Å². The van der Waals surface area contributed by atoms with Crippen LogP contribution >= 0.6 is 22.9 Å². The Morgan fingerprint density at radius 2 is 1.78 bits per heavy atom. The maximum Gasteiger partial charge on any atom is 0.245 e. The summed E-state index contributed by atoms with van der Waals surface area (Å²) in [7, 11) is 0. The molecule has 1 heterocycles. The second-order valence-corrected chi connectivity index (χ2v) is 7.48. The van der Waals surface area contributed by atoms with Crippen LogP contribution in [0.5, 0.6) is 0 Å². The fraction of sp³-hybridized carbons (Fsp3) is 0.150. The molecule has 3 rings (SSSR count). The first kappa shape index (κ1) is 19.1. The van der Waals surface area contributed by atoms with Gasteiger partial charge < -0.3 is 10.6 Å². The van der Waals surface area contributed by atoms with E-state index in [1.807, 2.05) is 54.6 Å². The average molecular weight is 400 g/mol. The van der Waals surface area contributed by atoms with Crippen molar-refractivity contribution in [2.24, 2.45) is 0 Å². The van der Waals surface area contributed by atoms with Crippen LogP contribution in [0.3, 0.4) is 0 Å². The van der Waals surface area contributed by atoms with Crippen LogP contribution in [0, 0.1) is 0 Å². The summed E-state index contributed by atoms with van der Waals surface area (Å²) in [6.45, 7) is -0.0884. The van der Waals surface area contributed by atoms with E-state index in [0.717, 1.165) is 16.0 Å². The number of nitrogens with zero attached hydrogens (tertiary/aromatic N) is 1. The highest BCUT2D eigenvalue weighted by Crippen LogP contribution is 2.22. The predicted molar refractivity (Wildman–Crippen MR) is 108 cm³/mol. The quantitative estimate of drug-likeness (QED) is 0.636. The summed E-state index contributed by atoms with van der Waals surface area (Å²) in [4.78, 5) is 29.1. The van der Waals surface area contributed by atoms with Gasteiger partial charge in [-0.25, -0.2) is 4.98 Å². The summed E-state index contributed by atoms with van der Waals surface area (Å²) >= 11 is 7.39. The van der Waals surface area contributed by atoms with E-state index in [0.29, 0.717) is 16.6 Å². The molecule has 0 saturated heterocycles. The Morgan fingerprint density at radius 3 is 2.56 bits per heavy atom. The lowest BCUT2D eigenvalue weighted by molar-refractivity contribution is -0.123. The Bertz CT molecular complexity index is 928. The van der Waals surface area contributed by atoms with Crippen LogP contribution in [0.25, 0.3) is 0 Å². The molecule has 3 aromatic rings. The van der Waals surface area contributed by atoms with E-state index in [2.05, 4.69) is 15.6 Å². The zero-order chi connectivity index (χ0) is 19.1. The summed E-state index contributed by atoms with van der Waals surface area (Å²) in [5.41, 5.74) is 1.98. The fourth-order valence-corrected chi connectivity index (χ4v) is 3.56. The van der Waals surface area contributed by atoms with Gasteiger partial charge in [-0.2, -0.15) is 0 Å². The van der Waals surface area contributed by atoms with Crippen molar-refractivity contribution in [3.63, 3.8) is 0 Å². The van der Waals surface area contributed by atoms with Crippen LogP contribution in [0.4, 0.5) is 5.13 Å². The van der Waals surface area contributed by atoms with Crippen molar-refractivity contribution < 1.29 is 9.59 Å². The highest BCUT2D eigenvalue weighted by molar-refractivity contribution is 7.15. The van der Waals surface area contributed by atoms with Gasteiger partial charge in [-0.3, -0.25) is 9.59 Å². The Morgan fingerprint density at radius 1 is 1.00 bits per heavy atom. The SMILES string of the molecule is O=C(Cc1ccccc1)NCC(=O)Nc1ncc(Cc2cccc(Cl)c2)s1. The molecule has 0 atom stereocenters. The molecule has 138 valence electrons. The van der Waals surface area contributed by atoms with Crippen molar-refractivity contribution >= 4 is 39.9 Å². The van der Waals surface area contributed by atoms with Gasteiger partial charge in [-0.15, -0.1) is 11.3 Å². The number of anilines is 1. The van der Waals surface area contributed by atoms with E-state index < -0.39 is 0 Å². The van der Waals surface area contributed by atoms with Crippen molar-refractivity contribution in [2.75, 3.05) is 11.9 Å². The van der Waals surface area contributed by atoms with Gasteiger partial charge in [0.2, 0.25) is 11.8 Å². The van der Waals surface area contributed by atoms with Gasteiger partial charge in [0.05, 0.1) is 13.0 Å². The van der Waals surface area contributed by atoms with Gasteiger partial charge >= 0.3 is 0 Å². The van der Waals surface area contributed by atoms with Crippen molar-refractivity contribution in [1.29, 1.82) is 0 Å². The van der Waals surface area contributed by atoms with Crippen molar-refractivity contribution in [1.82, 2.24) is 10.3 Å². The lowest BCUT2D eigenvalue weighted by Crippen LogP contribution is -2.33. The summed E-state index contributed by atoms with van der Waals surface area (Å²) in [6.07, 6.45) is 2.67. The molecule has 0 aliphatic rings. The Kier molecular flexibility index (Phi) is 6.57.